The molecule has 0 unspecified atom stereocenters. The van der Waals surface area contributed by atoms with Crippen LogP contribution < -0.4 is 20.5 Å². The number of hydrogen-bond donors (Lipinski definition) is 2. The van der Waals surface area contributed by atoms with E-state index in [4.69, 9.17) is 27.4 Å². The van der Waals surface area contributed by atoms with E-state index in [1.807, 2.05) is 23.1 Å². The minimum Gasteiger partial charge on any atom is -0.454 e. The topological polar surface area (TPSA) is 76.8 Å². The third-order valence-electron chi connectivity index (χ3n) is 3.99. The molecule has 0 radical (unpaired) electrons. The molecule has 118 valence electrons. The van der Waals surface area contributed by atoms with Gasteiger partial charge in [-0.05, 0) is 42.8 Å². The van der Waals surface area contributed by atoms with Crippen LogP contribution in [0.1, 0.15) is 18.4 Å². The Balaban J connectivity index is 1.54. The van der Waals surface area contributed by atoms with E-state index >= 15 is 0 Å². The van der Waals surface area contributed by atoms with E-state index in [9.17, 15) is 4.79 Å². The summed E-state index contributed by atoms with van der Waals surface area (Å²) >= 11 is 5.42. The van der Waals surface area contributed by atoms with E-state index in [-0.39, 0.29) is 18.6 Å². The van der Waals surface area contributed by atoms with Crippen LogP contribution >= 0.6 is 12.2 Å². The highest BCUT2D eigenvalue weighted by Crippen LogP contribution is 2.32. The minimum absolute atomic E-state index is 0.112. The highest BCUT2D eigenvalue weighted by molar-refractivity contribution is 7.80. The molecule has 6 nitrogen and oxygen atoms in total. The van der Waals surface area contributed by atoms with Gasteiger partial charge in [0.15, 0.2) is 16.6 Å². The van der Waals surface area contributed by atoms with Crippen molar-refractivity contribution in [2.24, 2.45) is 11.7 Å². The maximum Gasteiger partial charge on any atom is 0.231 e. The average molecular weight is 321 g/mol. The number of rotatable bonds is 3. The van der Waals surface area contributed by atoms with Crippen molar-refractivity contribution in [3.63, 3.8) is 0 Å². The van der Waals surface area contributed by atoms with Crippen molar-refractivity contribution < 1.29 is 14.3 Å². The van der Waals surface area contributed by atoms with Crippen LogP contribution in [0.25, 0.3) is 0 Å². The third kappa shape index (κ3) is 3.24. The summed E-state index contributed by atoms with van der Waals surface area (Å²) in [5.41, 5.74) is 6.46. The van der Waals surface area contributed by atoms with Crippen LogP contribution in [0.4, 0.5) is 0 Å². The molecule has 1 amide bonds. The summed E-state index contributed by atoms with van der Waals surface area (Å²) in [4.78, 5) is 13.3. The molecule has 0 bridgehead atoms. The zero-order chi connectivity index (χ0) is 15.5. The van der Waals surface area contributed by atoms with Crippen molar-refractivity contribution in [2.45, 2.75) is 19.4 Å². The number of nitrogens with two attached hydrogens (primary N) is 1. The molecule has 1 aromatic rings. The first-order valence-corrected chi connectivity index (χ1v) is 7.75. The van der Waals surface area contributed by atoms with Gasteiger partial charge in [0.2, 0.25) is 12.7 Å². The molecule has 22 heavy (non-hydrogen) atoms. The Morgan fingerprint density at radius 3 is 3.05 bits per heavy atom. The fourth-order valence-corrected chi connectivity index (χ4v) is 2.97. The second-order valence-electron chi connectivity index (χ2n) is 5.53. The first kappa shape index (κ1) is 14.9. The highest BCUT2D eigenvalue weighted by atomic mass is 32.1. The number of carbonyl (C=O) groups excluding carboxylic acids is 1. The number of fused-ring (bicyclic) bond motifs is 1. The highest BCUT2D eigenvalue weighted by Gasteiger charge is 2.25. The monoisotopic (exact) mass is 321 g/mol. The number of thiocarbonyl (C=S) groups is 1. The Morgan fingerprint density at radius 1 is 1.41 bits per heavy atom. The molecule has 1 aromatic carbocycles. The summed E-state index contributed by atoms with van der Waals surface area (Å²) in [5, 5.41) is 3.88. The molecule has 1 atom stereocenters. The SMILES string of the molecule is NC(=O)[C@H]1CCCN(C(=S)NCc2ccc3c(c2)OCO3)C1. The molecule has 3 rings (SSSR count). The molecule has 0 aliphatic carbocycles. The zero-order valence-corrected chi connectivity index (χ0v) is 13.0. The fraction of sp³-hybridized carbons (Fsp3) is 0.467. The van der Waals surface area contributed by atoms with Crippen molar-refractivity contribution in [1.29, 1.82) is 0 Å². The molecule has 2 aliphatic rings. The number of ether oxygens (including phenoxy) is 2. The number of amides is 1. The van der Waals surface area contributed by atoms with Gasteiger partial charge < -0.3 is 25.4 Å². The summed E-state index contributed by atoms with van der Waals surface area (Å²) in [5.74, 6) is 1.17. The van der Waals surface area contributed by atoms with Crippen LogP contribution in [0.3, 0.4) is 0 Å². The van der Waals surface area contributed by atoms with Gasteiger partial charge in [0.25, 0.3) is 0 Å². The Morgan fingerprint density at radius 2 is 2.23 bits per heavy atom. The lowest BCUT2D eigenvalue weighted by molar-refractivity contribution is -0.122. The van der Waals surface area contributed by atoms with Crippen molar-refractivity contribution in [2.75, 3.05) is 19.9 Å². The van der Waals surface area contributed by atoms with Crippen LogP contribution in [0, 0.1) is 5.92 Å². The molecule has 1 fully saturated rings. The summed E-state index contributed by atoms with van der Waals surface area (Å²) in [7, 11) is 0. The first-order valence-electron chi connectivity index (χ1n) is 7.34. The number of hydrogen-bond acceptors (Lipinski definition) is 4. The quantitative estimate of drug-likeness (QED) is 0.809. The molecule has 0 spiro atoms. The third-order valence-corrected chi connectivity index (χ3v) is 4.39. The fourth-order valence-electron chi connectivity index (χ4n) is 2.73. The van der Waals surface area contributed by atoms with Crippen molar-refractivity contribution in [3.8, 4) is 11.5 Å². The van der Waals surface area contributed by atoms with Gasteiger partial charge in [-0.1, -0.05) is 6.07 Å². The number of nitrogens with one attached hydrogen (secondary N) is 1. The number of primary amides is 1. The van der Waals surface area contributed by atoms with Gasteiger partial charge in [-0.25, -0.2) is 0 Å². The standard InChI is InChI=1S/C15H19N3O3S/c16-14(19)11-2-1-5-18(8-11)15(22)17-7-10-3-4-12-13(6-10)21-9-20-12/h3-4,6,11H,1-2,5,7-9H2,(H2,16,19)(H,17,22)/t11-/m0/s1. The van der Waals surface area contributed by atoms with E-state index in [1.54, 1.807) is 0 Å². The van der Waals surface area contributed by atoms with Crippen LogP contribution in [0.2, 0.25) is 0 Å². The first-order chi connectivity index (χ1) is 10.6. The number of benzene rings is 1. The zero-order valence-electron chi connectivity index (χ0n) is 12.2. The van der Waals surface area contributed by atoms with E-state index < -0.39 is 0 Å². The van der Waals surface area contributed by atoms with Gasteiger partial charge >= 0.3 is 0 Å². The van der Waals surface area contributed by atoms with Crippen molar-refractivity contribution in [1.82, 2.24) is 10.2 Å². The van der Waals surface area contributed by atoms with Crippen LogP contribution in [0.15, 0.2) is 18.2 Å². The van der Waals surface area contributed by atoms with Gasteiger partial charge in [0.1, 0.15) is 0 Å². The Kier molecular flexibility index (Phi) is 4.33. The normalized spacial score (nSPS) is 19.8. The molecular formula is C15H19N3O3S. The van der Waals surface area contributed by atoms with Gasteiger partial charge in [0.05, 0.1) is 5.92 Å². The molecule has 3 N–H and O–H groups in total. The largest absolute Gasteiger partial charge is 0.454 e. The Hall–Kier alpha value is -2.02. The lowest BCUT2D eigenvalue weighted by Crippen LogP contribution is -2.47. The van der Waals surface area contributed by atoms with Gasteiger partial charge in [-0.15, -0.1) is 0 Å². The molecule has 2 aliphatic heterocycles. The molecule has 0 saturated carbocycles. The van der Waals surface area contributed by atoms with E-state index in [1.165, 1.54) is 0 Å². The summed E-state index contributed by atoms with van der Waals surface area (Å²) in [6.07, 6.45) is 1.77. The number of carbonyl (C=O) groups is 1. The van der Waals surface area contributed by atoms with E-state index in [2.05, 4.69) is 5.32 Å². The van der Waals surface area contributed by atoms with E-state index in [0.717, 1.165) is 36.4 Å². The Bertz CT molecular complexity index is 593. The van der Waals surface area contributed by atoms with E-state index in [0.29, 0.717) is 18.2 Å². The molecular weight excluding hydrogens is 302 g/mol. The lowest BCUT2D eigenvalue weighted by atomic mass is 9.98. The van der Waals surface area contributed by atoms with Crippen LogP contribution in [0.5, 0.6) is 11.5 Å². The summed E-state index contributed by atoms with van der Waals surface area (Å²) in [6.45, 7) is 2.33. The van der Waals surface area contributed by atoms with Crippen LogP contribution in [-0.4, -0.2) is 35.8 Å². The maximum absolute atomic E-state index is 11.3. The average Bonchev–Trinajstić information content (AvgIpc) is 3.00. The second kappa shape index (κ2) is 6.39. The molecule has 2 heterocycles. The molecule has 7 heteroatoms. The predicted octanol–water partition coefficient (Wildman–Crippen LogP) is 0.987. The molecule has 1 saturated heterocycles. The van der Waals surface area contributed by atoms with Gasteiger partial charge in [-0.2, -0.15) is 0 Å². The number of nitrogens with zero attached hydrogens (tertiary/aromatic N) is 1. The predicted molar refractivity (Wildman–Crippen MR) is 85.5 cm³/mol. The van der Waals surface area contributed by atoms with Gasteiger partial charge in [0, 0.05) is 19.6 Å². The van der Waals surface area contributed by atoms with Gasteiger partial charge in [-0.3, -0.25) is 4.79 Å². The number of piperidine rings is 1. The van der Waals surface area contributed by atoms with Crippen molar-refractivity contribution in [3.05, 3.63) is 23.8 Å². The van der Waals surface area contributed by atoms with Crippen molar-refractivity contribution >= 4 is 23.2 Å². The second-order valence-corrected chi connectivity index (χ2v) is 5.92. The van der Waals surface area contributed by atoms with Crippen LogP contribution in [-0.2, 0) is 11.3 Å². The Labute approximate surface area is 134 Å². The number of likely N-dealkylation sites (tertiary alicyclic amines) is 1. The summed E-state index contributed by atoms with van der Waals surface area (Å²) < 4.78 is 10.6. The molecule has 0 aromatic heterocycles. The minimum atomic E-state index is -0.247. The lowest BCUT2D eigenvalue weighted by Gasteiger charge is -2.33. The smallest absolute Gasteiger partial charge is 0.231 e. The summed E-state index contributed by atoms with van der Waals surface area (Å²) in [6, 6.07) is 5.82. The maximum atomic E-state index is 11.3.